The number of methoxy groups -OCH3 is 2. The fraction of sp³-hybridized carbons (Fsp3) is 0.150. The van der Waals surface area contributed by atoms with Crippen molar-refractivity contribution in [1.82, 2.24) is 9.97 Å². The summed E-state index contributed by atoms with van der Waals surface area (Å²) in [7, 11) is 2.99. The predicted molar refractivity (Wildman–Crippen MR) is 99.8 cm³/mol. The van der Waals surface area contributed by atoms with Crippen molar-refractivity contribution >= 4 is 17.5 Å². The maximum atomic E-state index is 11.7. The van der Waals surface area contributed by atoms with Crippen LogP contribution in [0.15, 0.2) is 54.6 Å². The highest BCUT2D eigenvalue weighted by Crippen LogP contribution is 2.24. The molecule has 1 heterocycles. The standard InChI is InChI=1S/C20H19N3O3/c1-13-21-18(14-7-9-17(25-2)10-8-14)12-19(22-13)23-16-6-4-5-15(11-16)20(24)26-3/h4-12H,1-3H3,(H,21,22,23). The average Bonchev–Trinajstić information content (AvgIpc) is 2.67. The smallest absolute Gasteiger partial charge is 0.337 e. The molecule has 132 valence electrons. The molecule has 0 aliphatic rings. The molecular weight excluding hydrogens is 330 g/mol. The highest BCUT2D eigenvalue weighted by Gasteiger charge is 2.08. The second-order valence-electron chi connectivity index (χ2n) is 5.61. The predicted octanol–water partition coefficient (Wildman–Crippen LogP) is 3.99. The van der Waals surface area contributed by atoms with Crippen molar-refractivity contribution in [2.75, 3.05) is 19.5 Å². The monoisotopic (exact) mass is 349 g/mol. The zero-order valence-electron chi connectivity index (χ0n) is 14.8. The number of rotatable bonds is 5. The summed E-state index contributed by atoms with van der Waals surface area (Å²) in [5.74, 6) is 1.69. The minimum atomic E-state index is -0.383. The molecule has 0 saturated carbocycles. The lowest BCUT2D eigenvalue weighted by molar-refractivity contribution is 0.0601. The first-order chi connectivity index (χ1) is 12.6. The lowest BCUT2D eigenvalue weighted by atomic mass is 10.1. The van der Waals surface area contributed by atoms with E-state index in [9.17, 15) is 4.79 Å². The maximum Gasteiger partial charge on any atom is 0.337 e. The van der Waals surface area contributed by atoms with Crippen LogP contribution in [-0.4, -0.2) is 30.2 Å². The van der Waals surface area contributed by atoms with E-state index < -0.39 is 0 Å². The summed E-state index contributed by atoms with van der Waals surface area (Å²) in [6, 6.07) is 16.6. The molecule has 0 unspecified atom stereocenters. The molecule has 0 saturated heterocycles. The van der Waals surface area contributed by atoms with Gasteiger partial charge in [0.15, 0.2) is 0 Å². The molecule has 0 spiro atoms. The fourth-order valence-corrected chi connectivity index (χ4v) is 2.53. The molecule has 6 heteroatoms. The van der Waals surface area contributed by atoms with E-state index in [1.165, 1.54) is 7.11 Å². The van der Waals surface area contributed by atoms with Crippen LogP contribution in [0.25, 0.3) is 11.3 Å². The van der Waals surface area contributed by atoms with Crippen molar-refractivity contribution in [3.05, 3.63) is 66.0 Å². The third kappa shape index (κ3) is 3.97. The first kappa shape index (κ1) is 17.4. The van der Waals surface area contributed by atoms with Gasteiger partial charge in [-0.15, -0.1) is 0 Å². The molecule has 0 fully saturated rings. The number of anilines is 2. The Labute approximate surface area is 151 Å². The van der Waals surface area contributed by atoms with Gasteiger partial charge >= 0.3 is 5.97 Å². The first-order valence-electron chi connectivity index (χ1n) is 8.04. The summed E-state index contributed by atoms with van der Waals surface area (Å²) in [4.78, 5) is 20.6. The fourth-order valence-electron chi connectivity index (χ4n) is 2.53. The van der Waals surface area contributed by atoms with E-state index in [1.807, 2.05) is 43.3 Å². The molecule has 1 aromatic heterocycles. The third-order valence-corrected chi connectivity index (χ3v) is 3.78. The Hall–Kier alpha value is -3.41. The Balaban J connectivity index is 1.89. The number of carbonyl (C=O) groups excluding carboxylic acids is 1. The highest BCUT2D eigenvalue weighted by atomic mass is 16.5. The number of ether oxygens (including phenoxy) is 2. The van der Waals surface area contributed by atoms with Gasteiger partial charge in [-0.05, 0) is 49.4 Å². The van der Waals surface area contributed by atoms with Crippen molar-refractivity contribution < 1.29 is 14.3 Å². The Morgan fingerprint density at radius 1 is 1.00 bits per heavy atom. The van der Waals surface area contributed by atoms with Gasteiger partial charge in [0, 0.05) is 17.3 Å². The number of hydrogen-bond donors (Lipinski definition) is 1. The number of carbonyl (C=O) groups is 1. The second kappa shape index (κ2) is 7.65. The molecule has 0 atom stereocenters. The van der Waals surface area contributed by atoms with E-state index in [4.69, 9.17) is 9.47 Å². The van der Waals surface area contributed by atoms with Crippen molar-refractivity contribution in [2.24, 2.45) is 0 Å². The molecular formula is C20H19N3O3. The van der Waals surface area contributed by atoms with E-state index in [0.29, 0.717) is 17.2 Å². The minimum Gasteiger partial charge on any atom is -0.497 e. The van der Waals surface area contributed by atoms with Crippen LogP contribution in [-0.2, 0) is 4.74 Å². The molecule has 0 radical (unpaired) electrons. The van der Waals surface area contributed by atoms with Crippen molar-refractivity contribution in [2.45, 2.75) is 6.92 Å². The van der Waals surface area contributed by atoms with Crippen LogP contribution in [0.2, 0.25) is 0 Å². The Morgan fingerprint density at radius 2 is 1.77 bits per heavy atom. The van der Waals surface area contributed by atoms with E-state index in [-0.39, 0.29) is 5.97 Å². The number of aromatic nitrogens is 2. The SMILES string of the molecule is COC(=O)c1cccc(Nc2cc(-c3ccc(OC)cc3)nc(C)n2)c1. The van der Waals surface area contributed by atoms with Gasteiger partial charge in [0.05, 0.1) is 25.5 Å². The lowest BCUT2D eigenvalue weighted by Gasteiger charge is -2.10. The topological polar surface area (TPSA) is 73.3 Å². The number of nitrogens with zero attached hydrogens (tertiary/aromatic N) is 2. The zero-order chi connectivity index (χ0) is 18.5. The Bertz CT molecular complexity index is 924. The van der Waals surface area contributed by atoms with Crippen LogP contribution in [0, 0.1) is 6.92 Å². The summed E-state index contributed by atoms with van der Waals surface area (Å²) < 4.78 is 9.94. The lowest BCUT2D eigenvalue weighted by Crippen LogP contribution is -2.03. The van der Waals surface area contributed by atoms with Gasteiger partial charge < -0.3 is 14.8 Å². The van der Waals surface area contributed by atoms with Crippen LogP contribution in [0.5, 0.6) is 5.75 Å². The molecule has 0 amide bonds. The molecule has 6 nitrogen and oxygen atoms in total. The third-order valence-electron chi connectivity index (χ3n) is 3.78. The number of aryl methyl sites for hydroxylation is 1. The van der Waals surface area contributed by atoms with Crippen LogP contribution in [0.4, 0.5) is 11.5 Å². The highest BCUT2D eigenvalue weighted by molar-refractivity contribution is 5.90. The van der Waals surface area contributed by atoms with E-state index in [2.05, 4.69) is 15.3 Å². The molecule has 26 heavy (non-hydrogen) atoms. The van der Waals surface area contributed by atoms with E-state index in [1.54, 1.807) is 25.3 Å². The number of benzene rings is 2. The summed E-state index contributed by atoms with van der Waals surface area (Å²) in [5, 5.41) is 3.21. The summed E-state index contributed by atoms with van der Waals surface area (Å²) in [6.07, 6.45) is 0. The molecule has 1 N–H and O–H groups in total. The van der Waals surface area contributed by atoms with Crippen LogP contribution in [0.1, 0.15) is 16.2 Å². The molecule has 0 bridgehead atoms. The molecule has 2 aromatic carbocycles. The van der Waals surface area contributed by atoms with Gasteiger partial charge in [0.25, 0.3) is 0 Å². The Kier molecular flexibility index (Phi) is 5.12. The van der Waals surface area contributed by atoms with Gasteiger partial charge in [0.2, 0.25) is 0 Å². The summed E-state index contributed by atoms with van der Waals surface area (Å²) in [6.45, 7) is 1.84. The van der Waals surface area contributed by atoms with Crippen LogP contribution < -0.4 is 10.1 Å². The van der Waals surface area contributed by atoms with Gasteiger partial charge in [-0.2, -0.15) is 0 Å². The van der Waals surface area contributed by atoms with Gasteiger partial charge in [-0.25, -0.2) is 14.8 Å². The quantitative estimate of drug-likeness (QED) is 0.702. The van der Waals surface area contributed by atoms with Crippen LogP contribution >= 0.6 is 0 Å². The largest absolute Gasteiger partial charge is 0.497 e. The number of esters is 1. The average molecular weight is 349 g/mol. The first-order valence-corrected chi connectivity index (χ1v) is 8.04. The molecule has 0 aliphatic heterocycles. The Morgan fingerprint density at radius 3 is 2.46 bits per heavy atom. The van der Waals surface area contributed by atoms with Crippen LogP contribution in [0.3, 0.4) is 0 Å². The molecule has 3 aromatic rings. The maximum absolute atomic E-state index is 11.7. The number of nitrogens with one attached hydrogen (secondary N) is 1. The normalized spacial score (nSPS) is 10.3. The van der Waals surface area contributed by atoms with Crippen molar-refractivity contribution in [3.63, 3.8) is 0 Å². The molecule has 3 rings (SSSR count). The van der Waals surface area contributed by atoms with E-state index in [0.717, 1.165) is 22.7 Å². The second-order valence-corrected chi connectivity index (χ2v) is 5.61. The zero-order valence-corrected chi connectivity index (χ0v) is 14.8. The van der Waals surface area contributed by atoms with Crippen molar-refractivity contribution in [1.29, 1.82) is 0 Å². The summed E-state index contributed by atoms with van der Waals surface area (Å²) >= 11 is 0. The number of hydrogen-bond acceptors (Lipinski definition) is 6. The molecule has 0 aliphatic carbocycles. The van der Waals surface area contributed by atoms with Gasteiger partial charge in [-0.3, -0.25) is 0 Å². The van der Waals surface area contributed by atoms with Gasteiger partial charge in [-0.1, -0.05) is 6.07 Å². The summed E-state index contributed by atoms with van der Waals surface area (Å²) in [5.41, 5.74) is 2.97. The minimum absolute atomic E-state index is 0.383. The van der Waals surface area contributed by atoms with Gasteiger partial charge in [0.1, 0.15) is 17.4 Å². The van der Waals surface area contributed by atoms with Crippen molar-refractivity contribution in [3.8, 4) is 17.0 Å². The van der Waals surface area contributed by atoms with E-state index >= 15 is 0 Å².